The van der Waals surface area contributed by atoms with E-state index in [1.165, 1.54) is 6.07 Å². The Hall–Kier alpha value is -3.97. The van der Waals surface area contributed by atoms with Gasteiger partial charge in [0.25, 0.3) is 11.5 Å². The highest BCUT2D eigenvalue weighted by molar-refractivity contribution is 7.89. The van der Waals surface area contributed by atoms with Crippen LogP contribution in [0.3, 0.4) is 0 Å². The summed E-state index contributed by atoms with van der Waals surface area (Å²) in [4.78, 5) is 37.6. The number of H-pyrrole nitrogens is 1. The topological polar surface area (TPSA) is 155 Å². The molecule has 4 aromatic rings. The quantitative estimate of drug-likeness (QED) is 0.268. The number of aryl methyl sites for hydroxylation is 2. The standard InChI is InChI=1S/C28H31ClN8O4S/c1-13-8-16(15(3)30-20-6-7-22(29)31-25(20)26(38)35-42(5,40)41)24-17(9-13)27(39)36(4)28(32-24)37-11-18-19(12-37)23(18)21-10-14(2)33-34-21/h6-10,15,18-19,23,30H,11-12H2,1-5H3,(H,33,34)(H,35,38)/t15-,18-,19+,23?/m1/s1. The van der Waals surface area contributed by atoms with Crippen molar-refractivity contribution in [2.75, 3.05) is 29.6 Å². The Bertz CT molecular complexity index is 1910. The number of aromatic amines is 1. The van der Waals surface area contributed by atoms with Crippen LogP contribution in [0.2, 0.25) is 5.15 Å². The second-order valence-corrected chi connectivity index (χ2v) is 13.5. The first-order chi connectivity index (χ1) is 19.8. The molecule has 1 aromatic carbocycles. The molecule has 1 aliphatic carbocycles. The van der Waals surface area contributed by atoms with Crippen LogP contribution in [0.25, 0.3) is 10.9 Å². The van der Waals surface area contributed by atoms with Gasteiger partial charge in [0.15, 0.2) is 5.69 Å². The van der Waals surface area contributed by atoms with Crippen molar-refractivity contribution in [3.63, 3.8) is 0 Å². The van der Waals surface area contributed by atoms with Gasteiger partial charge in [0.1, 0.15) is 5.15 Å². The van der Waals surface area contributed by atoms with Gasteiger partial charge in [-0.1, -0.05) is 17.7 Å². The van der Waals surface area contributed by atoms with E-state index in [-0.39, 0.29) is 22.1 Å². The molecule has 0 spiro atoms. The van der Waals surface area contributed by atoms with E-state index in [9.17, 15) is 18.0 Å². The number of hydrogen-bond donors (Lipinski definition) is 3. The molecule has 6 rings (SSSR count). The van der Waals surface area contributed by atoms with E-state index in [4.69, 9.17) is 16.6 Å². The number of pyridine rings is 1. The lowest BCUT2D eigenvalue weighted by atomic mass is 10.0. The van der Waals surface area contributed by atoms with Gasteiger partial charge in [0, 0.05) is 37.3 Å². The second kappa shape index (κ2) is 10.1. The summed E-state index contributed by atoms with van der Waals surface area (Å²) in [5.41, 5.74) is 4.31. The molecule has 42 heavy (non-hydrogen) atoms. The molecule has 3 N–H and O–H groups in total. The minimum absolute atomic E-state index is 0.0380. The number of aromatic nitrogens is 5. The molecule has 220 valence electrons. The number of nitrogens with one attached hydrogen (secondary N) is 3. The Labute approximate surface area is 247 Å². The monoisotopic (exact) mass is 610 g/mol. The van der Waals surface area contributed by atoms with Gasteiger partial charge in [-0.25, -0.2) is 23.1 Å². The Morgan fingerprint density at radius 1 is 1.14 bits per heavy atom. The van der Waals surface area contributed by atoms with Gasteiger partial charge in [-0.05, 0) is 62.4 Å². The summed E-state index contributed by atoms with van der Waals surface area (Å²) >= 11 is 6.03. The van der Waals surface area contributed by atoms with Gasteiger partial charge >= 0.3 is 0 Å². The molecule has 0 bridgehead atoms. The van der Waals surface area contributed by atoms with Crippen molar-refractivity contribution >= 4 is 50.1 Å². The maximum Gasteiger partial charge on any atom is 0.285 e. The Morgan fingerprint density at radius 3 is 2.50 bits per heavy atom. The number of fused-ring (bicyclic) bond motifs is 2. The third-order valence-corrected chi connectivity index (χ3v) is 8.83. The van der Waals surface area contributed by atoms with Crippen LogP contribution < -0.4 is 20.5 Å². The molecule has 14 heteroatoms. The number of rotatable bonds is 7. The number of carbonyl (C=O) groups is 1. The van der Waals surface area contributed by atoms with Crippen molar-refractivity contribution in [1.82, 2.24) is 29.5 Å². The average molecular weight is 611 g/mol. The minimum Gasteiger partial charge on any atom is -0.377 e. The maximum atomic E-state index is 13.6. The zero-order valence-corrected chi connectivity index (χ0v) is 25.3. The van der Waals surface area contributed by atoms with Gasteiger partial charge in [-0.2, -0.15) is 5.10 Å². The second-order valence-electron chi connectivity index (χ2n) is 11.4. The number of anilines is 2. The SMILES string of the molecule is Cc1cc([C@@H](C)Nc2ccc(Cl)nc2C(=O)NS(C)(=O)=O)c2nc(N3C[C@@H]4C(c5cc(C)[nH]n5)[C@@H]4C3)n(C)c(=O)c2c1. The fourth-order valence-electron chi connectivity index (χ4n) is 6.14. The van der Waals surface area contributed by atoms with Gasteiger partial charge < -0.3 is 10.2 Å². The molecule has 4 atom stereocenters. The van der Waals surface area contributed by atoms with E-state index >= 15 is 0 Å². The first-order valence-electron chi connectivity index (χ1n) is 13.5. The van der Waals surface area contributed by atoms with Gasteiger partial charge in [-0.15, -0.1) is 0 Å². The predicted molar refractivity (Wildman–Crippen MR) is 161 cm³/mol. The smallest absolute Gasteiger partial charge is 0.285 e. The first-order valence-corrected chi connectivity index (χ1v) is 15.8. The zero-order chi connectivity index (χ0) is 30.1. The fourth-order valence-corrected chi connectivity index (χ4v) is 6.73. The van der Waals surface area contributed by atoms with Crippen molar-refractivity contribution in [2.45, 2.75) is 32.7 Å². The van der Waals surface area contributed by atoms with Crippen molar-refractivity contribution in [2.24, 2.45) is 18.9 Å². The molecule has 3 aromatic heterocycles. The first kappa shape index (κ1) is 28.2. The summed E-state index contributed by atoms with van der Waals surface area (Å²) in [5.74, 6) is 1.05. The Kier molecular flexibility index (Phi) is 6.76. The highest BCUT2D eigenvalue weighted by Gasteiger charge is 2.57. The van der Waals surface area contributed by atoms with Gasteiger partial charge in [0.2, 0.25) is 16.0 Å². The lowest BCUT2D eigenvalue weighted by molar-refractivity contribution is 0.0977. The maximum absolute atomic E-state index is 13.6. The number of nitrogens with zero attached hydrogens (tertiary/aromatic N) is 5. The third-order valence-electron chi connectivity index (χ3n) is 8.07. The summed E-state index contributed by atoms with van der Waals surface area (Å²) in [5, 5.41) is 11.3. The third kappa shape index (κ3) is 5.11. The molecule has 1 saturated heterocycles. The summed E-state index contributed by atoms with van der Waals surface area (Å²) in [7, 11) is -2.08. The normalized spacial score (nSPS) is 20.4. The number of halogens is 1. The molecule has 2 fully saturated rings. The Morgan fingerprint density at radius 2 is 1.86 bits per heavy atom. The highest BCUT2D eigenvalue weighted by atomic mass is 35.5. The molecule has 1 aliphatic heterocycles. The number of hydrogen-bond acceptors (Lipinski definition) is 9. The number of amides is 1. The molecular formula is C28H31ClN8O4S. The van der Waals surface area contributed by atoms with Crippen LogP contribution in [0.4, 0.5) is 11.6 Å². The van der Waals surface area contributed by atoms with E-state index in [0.29, 0.717) is 34.6 Å². The van der Waals surface area contributed by atoms with Crippen LogP contribution >= 0.6 is 11.6 Å². The van der Waals surface area contributed by atoms with Crippen molar-refractivity contribution in [3.8, 4) is 0 Å². The molecule has 12 nitrogen and oxygen atoms in total. The predicted octanol–water partition coefficient (Wildman–Crippen LogP) is 3.03. The van der Waals surface area contributed by atoms with Crippen LogP contribution in [0.5, 0.6) is 0 Å². The number of benzene rings is 1. The van der Waals surface area contributed by atoms with Crippen LogP contribution in [0.1, 0.15) is 51.9 Å². The molecule has 4 heterocycles. The van der Waals surface area contributed by atoms with Crippen LogP contribution in [-0.2, 0) is 17.1 Å². The molecule has 1 unspecified atom stereocenters. The van der Waals surface area contributed by atoms with Crippen molar-refractivity contribution in [1.29, 1.82) is 0 Å². The molecular weight excluding hydrogens is 580 g/mol. The highest BCUT2D eigenvalue weighted by Crippen LogP contribution is 2.58. The fraction of sp³-hybridized carbons (Fsp3) is 0.393. The molecule has 0 radical (unpaired) electrons. The van der Waals surface area contributed by atoms with Crippen molar-refractivity contribution in [3.05, 3.63) is 74.0 Å². The largest absolute Gasteiger partial charge is 0.377 e. The van der Waals surface area contributed by atoms with E-state index in [2.05, 4.69) is 31.5 Å². The summed E-state index contributed by atoms with van der Waals surface area (Å²) in [6.07, 6.45) is 0.885. The van der Waals surface area contributed by atoms with Gasteiger partial charge in [-0.3, -0.25) is 19.3 Å². The van der Waals surface area contributed by atoms with Crippen LogP contribution in [0, 0.1) is 25.7 Å². The number of carbonyl (C=O) groups excluding carboxylic acids is 1. The lowest BCUT2D eigenvalue weighted by Crippen LogP contribution is -2.32. The summed E-state index contributed by atoms with van der Waals surface area (Å²) in [6.45, 7) is 7.36. The number of piperidine rings is 1. The van der Waals surface area contributed by atoms with Crippen LogP contribution in [0.15, 0.2) is 35.1 Å². The molecule has 2 aliphatic rings. The summed E-state index contributed by atoms with van der Waals surface area (Å²) < 4.78 is 26.9. The van der Waals surface area contributed by atoms with Crippen LogP contribution in [-0.4, -0.2) is 58.4 Å². The zero-order valence-electron chi connectivity index (χ0n) is 23.8. The average Bonchev–Trinajstić information content (AvgIpc) is 3.20. The van der Waals surface area contributed by atoms with Gasteiger partial charge in [0.05, 0.1) is 34.6 Å². The van der Waals surface area contributed by atoms with E-state index < -0.39 is 22.0 Å². The Balaban J connectivity index is 1.33. The van der Waals surface area contributed by atoms with Crippen molar-refractivity contribution < 1.29 is 13.2 Å². The minimum atomic E-state index is -3.82. The van der Waals surface area contributed by atoms with E-state index in [1.807, 2.05) is 37.6 Å². The lowest BCUT2D eigenvalue weighted by Gasteiger charge is -2.25. The number of sulfonamides is 1. The molecule has 1 amide bonds. The summed E-state index contributed by atoms with van der Waals surface area (Å²) in [6, 6.07) is 8.51. The molecule has 1 saturated carbocycles. The van der Waals surface area contributed by atoms with E-state index in [1.54, 1.807) is 17.7 Å². The van der Waals surface area contributed by atoms with E-state index in [0.717, 1.165) is 41.9 Å².